The number of rotatable bonds is 4. The Morgan fingerprint density at radius 1 is 1.32 bits per heavy atom. The summed E-state index contributed by atoms with van der Waals surface area (Å²) < 4.78 is 0. The average molecular weight is 341 g/mol. The van der Waals surface area contributed by atoms with Crippen LogP contribution in [0.3, 0.4) is 0 Å². The second kappa shape index (κ2) is 7.00. The van der Waals surface area contributed by atoms with Crippen LogP contribution < -0.4 is 0 Å². The third-order valence-electron chi connectivity index (χ3n) is 4.93. The van der Waals surface area contributed by atoms with Crippen LogP contribution in [-0.4, -0.2) is 39.3 Å². The number of aromatic nitrogens is 2. The van der Waals surface area contributed by atoms with Crippen molar-refractivity contribution < 1.29 is 9.90 Å². The Hall–Kier alpha value is -2.14. The Kier molecular flexibility index (Phi) is 4.95. The minimum Gasteiger partial charge on any atom is -0.478 e. The fourth-order valence-electron chi connectivity index (χ4n) is 3.44. The summed E-state index contributed by atoms with van der Waals surface area (Å²) in [4.78, 5) is 13.5. The Morgan fingerprint density at radius 2 is 2.04 bits per heavy atom. The molecule has 1 aliphatic rings. The summed E-state index contributed by atoms with van der Waals surface area (Å²) in [6.45, 7) is 9.48. The van der Waals surface area contributed by atoms with Gasteiger partial charge in [0, 0.05) is 24.2 Å². The molecule has 5 nitrogen and oxygen atoms in total. The number of piperidine rings is 1. The van der Waals surface area contributed by atoms with E-state index >= 15 is 0 Å². The molecule has 1 fully saturated rings. The van der Waals surface area contributed by atoms with E-state index in [1.165, 1.54) is 5.56 Å². The van der Waals surface area contributed by atoms with E-state index in [1.807, 2.05) is 12.1 Å². The first-order valence-corrected chi connectivity index (χ1v) is 8.93. The summed E-state index contributed by atoms with van der Waals surface area (Å²) in [6, 6.07) is 9.52. The van der Waals surface area contributed by atoms with Crippen molar-refractivity contribution in [3.05, 3.63) is 52.8 Å². The highest BCUT2D eigenvalue weighted by atomic mass is 16.4. The number of aromatic amines is 1. The second-order valence-electron chi connectivity index (χ2n) is 8.03. The number of likely N-dealkylation sites (tertiary alicyclic amines) is 1. The molecule has 0 saturated carbocycles. The summed E-state index contributed by atoms with van der Waals surface area (Å²) in [7, 11) is 0. The number of carboxylic acid groups (broad SMARTS) is 1. The number of hydrogen-bond donors (Lipinski definition) is 2. The molecule has 25 heavy (non-hydrogen) atoms. The molecule has 5 heteroatoms. The van der Waals surface area contributed by atoms with Crippen LogP contribution in [0.25, 0.3) is 0 Å². The third-order valence-corrected chi connectivity index (χ3v) is 4.93. The molecule has 134 valence electrons. The maximum absolute atomic E-state index is 11.0. The first-order valence-electron chi connectivity index (χ1n) is 8.93. The Labute approximate surface area is 149 Å². The zero-order valence-electron chi connectivity index (χ0n) is 15.2. The first-order chi connectivity index (χ1) is 11.8. The Morgan fingerprint density at radius 3 is 2.64 bits per heavy atom. The number of aromatic carboxylic acids is 1. The minimum absolute atomic E-state index is 0.0606. The predicted molar refractivity (Wildman–Crippen MR) is 97.9 cm³/mol. The van der Waals surface area contributed by atoms with Crippen molar-refractivity contribution >= 4 is 5.97 Å². The predicted octanol–water partition coefficient (Wildman–Crippen LogP) is 3.79. The lowest BCUT2D eigenvalue weighted by Gasteiger charge is -2.32. The van der Waals surface area contributed by atoms with Crippen molar-refractivity contribution in [2.75, 3.05) is 13.1 Å². The molecule has 1 aromatic heterocycles. The van der Waals surface area contributed by atoms with Gasteiger partial charge < -0.3 is 5.11 Å². The lowest BCUT2D eigenvalue weighted by atomic mass is 9.90. The summed E-state index contributed by atoms with van der Waals surface area (Å²) in [5, 5.41) is 16.7. The van der Waals surface area contributed by atoms with E-state index in [9.17, 15) is 4.79 Å². The highest BCUT2D eigenvalue weighted by Gasteiger charge is 2.23. The van der Waals surface area contributed by atoms with Crippen molar-refractivity contribution in [3.63, 3.8) is 0 Å². The molecule has 2 heterocycles. The number of benzene rings is 1. The van der Waals surface area contributed by atoms with Crippen molar-refractivity contribution in [1.82, 2.24) is 15.1 Å². The van der Waals surface area contributed by atoms with Gasteiger partial charge in [-0.1, -0.05) is 32.9 Å². The Bertz CT molecular complexity index is 728. The molecule has 1 atom stereocenters. The Balaban J connectivity index is 1.65. The average Bonchev–Trinajstić information content (AvgIpc) is 3.04. The molecular weight excluding hydrogens is 314 g/mol. The lowest BCUT2D eigenvalue weighted by molar-refractivity contribution is 0.0697. The van der Waals surface area contributed by atoms with Gasteiger partial charge in [-0.2, -0.15) is 5.10 Å². The van der Waals surface area contributed by atoms with Gasteiger partial charge in [-0.25, -0.2) is 4.79 Å². The summed E-state index contributed by atoms with van der Waals surface area (Å²) in [5.41, 5.74) is 3.90. The molecule has 0 unspecified atom stereocenters. The van der Waals surface area contributed by atoms with Gasteiger partial charge in [0.25, 0.3) is 0 Å². The molecule has 2 N–H and O–H groups in total. The van der Waals surface area contributed by atoms with Crippen LogP contribution in [0.1, 0.15) is 66.8 Å². The van der Waals surface area contributed by atoms with Gasteiger partial charge in [0.2, 0.25) is 0 Å². The van der Waals surface area contributed by atoms with E-state index in [0.717, 1.165) is 43.9 Å². The van der Waals surface area contributed by atoms with Crippen molar-refractivity contribution in [2.24, 2.45) is 0 Å². The number of carboxylic acids is 1. The van der Waals surface area contributed by atoms with Crippen molar-refractivity contribution in [2.45, 2.75) is 51.5 Å². The van der Waals surface area contributed by atoms with Crippen molar-refractivity contribution in [3.8, 4) is 0 Å². The molecular formula is C20H27N3O2. The summed E-state index contributed by atoms with van der Waals surface area (Å²) in [6.07, 6.45) is 2.31. The van der Waals surface area contributed by atoms with Gasteiger partial charge in [0.1, 0.15) is 0 Å². The number of nitrogens with zero attached hydrogens (tertiary/aromatic N) is 2. The van der Waals surface area contributed by atoms with Crippen LogP contribution in [0.2, 0.25) is 0 Å². The fourth-order valence-corrected chi connectivity index (χ4v) is 3.44. The maximum Gasteiger partial charge on any atom is 0.335 e. The van der Waals surface area contributed by atoms with Crippen LogP contribution >= 0.6 is 0 Å². The van der Waals surface area contributed by atoms with Crippen LogP contribution in [-0.2, 0) is 12.0 Å². The highest BCUT2D eigenvalue weighted by molar-refractivity contribution is 5.87. The molecule has 1 saturated heterocycles. The van der Waals surface area contributed by atoms with Crippen molar-refractivity contribution in [1.29, 1.82) is 0 Å². The van der Waals surface area contributed by atoms with Gasteiger partial charge >= 0.3 is 5.97 Å². The number of carbonyl (C=O) groups is 1. The molecule has 0 radical (unpaired) electrons. The lowest BCUT2D eigenvalue weighted by Crippen LogP contribution is -2.34. The number of hydrogen-bond acceptors (Lipinski definition) is 3. The molecule has 0 spiro atoms. The van der Waals surface area contributed by atoms with E-state index in [2.05, 4.69) is 41.9 Å². The largest absolute Gasteiger partial charge is 0.478 e. The standard InChI is InChI=1S/C20H27N3O2/c1-20(2,3)18-11-17(21-22-18)13-23-10-4-5-16(12-23)14-6-8-15(9-7-14)19(24)25/h6-9,11,16H,4-5,10,12-13H2,1-3H3,(H,21,22)(H,24,25)/t16-/m1/s1. The van der Waals surface area contributed by atoms with E-state index in [1.54, 1.807) is 12.1 Å². The number of nitrogens with one attached hydrogen (secondary N) is 1. The van der Waals surface area contributed by atoms with Gasteiger partial charge in [0.05, 0.1) is 11.3 Å². The monoisotopic (exact) mass is 341 g/mol. The first kappa shape index (κ1) is 17.7. The summed E-state index contributed by atoms with van der Waals surface area (Å²) in [5.74, 6) is -0.410. The van der Waals surface area contributed by atoms with E-state index in [0.29, 0.717) is 11.5 Å². The molecule has 0 aliphatic carbocycles. The van der Waals surface area contributed by atoms with Crippen LogP contribution in [0.4, 0.5) is 0 Å². The molecule has 3 rings (SSSR count). The zero-order valence-corrected chi connectivity index (χ0v) is 15.2. The minimum atomic E-state index is -0.870. The normalized spacial score (nSPS) is 19.1. The molecule has 0 amide bonds. The van der Waals surface area contributed by atoms with E-state index in [-0.39, 0.29) is 5.41 Å². The fraction of sp³-hybridized carbons (Fsp3) is 0.500. The van der Waals surface area contributed by atoms with Gasteiger partial charge in [0.15, 0.2) is 0 Å². The van der Waals surface area contributed by atoms with Crippen LogP contribution in [0.15, 0.2) is 30.3 Å². The highest BCUT2D eigenvalue weighted by Crippen LogP contribution is 2.28. The third kappa shape index (κ3) is 4.28. The summed E-state index contributed by atoms with van der Waals surface area (Å²) >= 11 is 0. The van der Waals surface area contributed by atoms with E-state index < -0.39 is 5.97 Å². The smallest absolute Gasteiger partial charge is 0.335 e. The molecule has 1 aliphatic heterocycles. The molecule has 1 aromatic carbocycles. The van der Waals surface area contributed by atoms with Crippen LogP contribution in [0, 0.1) is 0 Å². The van der Waals surface area contributed by atoms with E-state index in [4.69, 9.17) is 5.11 Å². The van der Waals surface area contributed by atoms with Gasteiger partial charge in [-0.05, 0) is 49.1 Å². The number of H-pyrrole nitrogens is 1. The van der Waals surface area contributed by atoms with Gasteiger partial charge in [-0.15, -0.1) is 0 Å². The topological polar surface area (TPSA) is 69.2 Å². The SMILES string of the molecule is CC(C)(C)c1cc(CN2CCC[C@@H](c3ccc(C(=O)O)cc3)C2)[nH]n1. The van der Waals surface area contributed by atoms with Crippen LogP contribution in [0.5, 0.6) is 0 Å². The molecule has 0 bridgehead atoms. The van der Waals surface area contributed by atoms with Gasteiger partial charge in [-0.3, -0.25) is 10.00 Å². The second-order valence-corrected chi connectivity index (χ2v) is 8.03. The zero-order chi connectivity index (χ0) is 18.0. The molecule has 2 aromatic rings. The quantitative estimate of drug-likeness (QED) is 0.888. The maximum atomic E-state index is 11.0.